The van der Waals surface area contributed by atoms with Crippen molar-refractivity contribution < 1.29 is 4.79 Å². The molecular weight excluding hydrogens is 364 g/mol. The fourth-order valence-corrected chi connectivity index (χ4v) is 4.08. The van der Waals surface area contributed by atoms with Crippen LogP contribution in [0.4, 0.5) is 11.6 Å². The smallest absolute Gasteiger partial charge is 0.225 e. The Balaban J connectivity index is 1.18. The number of anilines is 2. The van der Waals surface area contributed by atoms with Crippen LogP contribution in [0.15, 0.2) is 42.7 Å². The number of nitrogens with zero attached hydrogens (tertiary/aromatic N) is 6. The lowest BCUT2D eigenvalue weighted by molar-refractivity contribution is -0.131. The highest BCUT2D eigenvalue weighted by molar-refractivity contribution is 5.76. The molecule has 1 aromatic carbocycles. The highest BCUT2D eigenvalue weighted by Gasteiger charge is 2.23. The van der Waals surface area contributed by atoms with Crippen molar-refractivity contribution in [2.24, 2.45) is 0 Å². The number of aromatic nitrogens is 2. The molecule has 1 aromatic heterocycles. The summed E-state index contributed by atoms with van der Waals surface area (Å²) in [5, 5.41) is 0. The maximum Gasteiger partial charge on any atom is 0.225 e. The quantitative estimate of drug-likeness (QED) is 0.769. The summed E-state index contributed by atoms with van der Waals surface area (Å²) < 4.78 is 0. The van der Waals surface area contributed by atoms with Gasteiger partial charge in [0.2, 0.25) is 11.9 Å². The molecule has 0 bridgehead atoms. The van der Waals surface area contributed by atoms with Gasteiger partial charge in [0.05, 0.1) is 0 Å². The van der Waals surface area contributed by atoms with E-state index in [9.17, 15) is 4.79 Å². The fourth-order valence-electron chi connectivity index (χ4n) is 4.08. The van der Waals surface area contributed by atoms with Crippen LogP contribution in [0, 0.1) is 6.92 Å². The molecule has 2 fully saturated rings. The van der Waals surface area contributed by atoms with Crippen LogP contribution >= 0.6 is 0 Å². The lowest BCUT2D eigenvalue weighted by Gasteiger charge is -2.37. The third kappa shape index (κ3) is 5.03. The number of piperazine rings is 2. The van der Waals surface area contributed by atoms with Crippen molar-refractivity contribution in [2.45, 2.75) is 13.3 Å². The van der Waals surface area contributed by atoms with E-state index in [1.54, 1.807) is 12.4 Å². The normalized spacial score (nSPS) is 18.2. The Morgan fingerprint density at radius 1 is 0.897 bits per heavy atom. The zero-order valence-electron chi connectivity index (χ0n) is 17.2. The van der Waals surface area contributed by atoms with Gasteiger partial charge in [0.25, 0.3) is 0 Å². The van der Waals surface area contributed by atoms with E-state index in [1.807, 2.05) is 11.0 Å². The Morgan fingerprint density at radius 2 is 1.59 bits per heavy atom. The van der Waals surface area contributed by atoms with Crippen LogP contribution in [0.3, 0.4) is 0 Å². The van der Waals surface area contributed by atoms with Crippen molar-refractivity contribution in [2.75, 3.05) is 68.7 Å². The van der Waals surface area contributed by atoms with Gasteiger partial charge in [-0.15, -0.1) is 0 Å². The first-order valence-electron chi connectivity index (χ1n) is 10.5. The first-order valence-corrected chi connectivity index (χ1v) is 10.5. The van der Waals surface area contributed by atoms with Gasteiger partial charge in [-0.2, -0.15) is 0 Å². The number of carbonyl (C=O) groups is 1. The van der Waals surface area contributed by atoms with Crippen molar-refractivity contribution in [3.8, 4) is 0 Å². The first-order chi connectivity index (χ1) is 14.2. The van der Waals surface area contributed by atoms with Gasteiger partial charge in [-0.3, -0.25) is 9.69 Å². The van der Waals surface area contributed by atoms with E-state index in [0.29, 0.717) is 6.42 Å². The van der Waals surface area contributed by atoms with Gasteiger partial charge < -0.3 is 14.7 Å². The Bertz CT molecular complexity index is 798. The van der Waals surface area contributed by atoms with Crippen LogP contribution in [0.25, 0.3) is 0 Å². The van der Waals surface area contributed by atoms with Crippen molar-refractivity contribution in [3.05, 3.63) is 48.3 Å². The predicted molar refractivity (Wildman–Crippen MR) is 115 cm³/mol. The van der Waals surface area contributed by atoms with Crippen LogP contribution in [-0.4, -0.2) is 84.6 Å². The Morgan fingerprint density at radius 3 is 2.28 bits per heavy atom. The standard InChI is InChI=1S/C22H30N6O/c1-19-4-2-5-20(18-19)26-14-16-27(17-15-26)21(29)6-9-25-10-12-28(13-11-25)22-23-7-3-8-24-22/h2-5,7-8,18H,6,9-17H2,1H3. The van der Waals surface area contributed by atoms with Gasteiger partial charge in [-0.1, -0.05) is 12.1 Å². The molecule has 7 nitrogen and oxygen atoms in total. The van der Waals surface area contributed by atoms with Gasteiger partial charge in [0.15, 0.2) is 0 Å². The molecular formula is C22H30N6O. The van der Waals surface area contributed by atoms with Crippen LogP contribution in [0.5, 0.6) is 0 Å². The largest absolute Gasteiger partial charge is 0.368 e. The second-order valence-electron chi connectivity index (χ2n) is 7.83. The molecule has 29 heavy (non-hydrogen) atoms. The minimum Gasteiger partial charge on any atom is -0.368 e. The Kier molecular flexibility index (Phi) is 6.24. The average Bonchev–Trinajstić information content (AvgIpc) is 2.78. The van der Waals surface area contributed by atoms with Gasteiger partial charge in [0.1, 0.15) is 0 Å². The number of hydrogen-bond acceptors (Lipinski definition) is 6. The molecule has 7 heteroatoms. The SMILES string of the molecule is Cc1cccc(N2CCN(C(=O)CCN3CCN(c4ncccn4)CC3)CC2)c1. The van der Waals surface area contributed by atoms with E-state index in [0.717, 1.165) is 64.9 Å². The Hall–Kier alpha value is -2.67. The lowest BCUT2D eigenvalue weighted by atomic mass is 10.2. The third-order valence-electron chi connectivity index (χ3n) is 5.85. The minimum atomic E-state index is 0.280. The van der Waals surface area contributed by atoms with Crippen LogP contribution < -0.4 is 9.80 Å². The first kappa shape index (κ1) is 19.6. The molecule has 2 saturated heterocycles. The van der Waals surface area contributed by atoms with Crippen molar-refractivity contribution in [1.29, 1.82) is 0 Å². The fraction of sp³-hybridized carbons (Fsp3) is 0.500. The second-order valence-corrected chi connectivity index (χ2v) is 7.83. The summed E-state index contributed by atoms with van der Waals surface area (Å²) in [6.07, 6.45) is 4.17. The number of amides is 1. The molecule has 0 radical (unpaired) electrons. The van der Waals surface area contributed by atoms with Crippen LogP contribution in [0.2, 0.25) is 0 Å². The van der Waals surface area contributed by atoms with E-state index in [4.69, 9.17) is 0 Å². The van der Waals surface area contributed by atoms with E-state index in [1.165, 1.54) is 11.3 Å². The molecule has 2 aliphatic heterocycles. The number of rotatable bonds is 5. The molecule has 1 amide bonds. The predicted octanol–water partition coefficient (Wildman–Crippen LogP) is 1.65. The van der Waals surface area contributed by atoms with Gasteiger partial charge in [-0.25, -0.2) is 9.97 Å². The third-order valence-corrected chi connectivity index (χ3v) is 5.85. The molecule has 3 heterocycles. The summed E-state index contributed by atoms with van der Waals surface area (Å²) in [6, 6.07) is 10.4. The molecule has 154 valence electrons. The summed E-state index contributed by atoms with van der Waals surface area (Å²) in [4.78, 5) is 30.3. The Labute approximate surface area is 172 Å². The molecule has 0 atom stereocenters. The number of benzene rings is 1. The summed E-state index contributed by atoms with van der Waals surface area (Å²) in [6.45, 7) is 10.1. The molecule has 2 aromatic rings. The van der Waals surface area contributed by atoms with Crippen molar-refractivity contribution in [1.82, 2.24) is 19.8 Å². The zero-order chi connectivity index (χ0) is 20.1. The van der Waals surface area contributed by atoms with E-state index in [2.05, 4.69) is 55.9 Å². The van der Waals surface area contributed by atoms with Gasteiger partial charge in [-0.05, 0) is 30.7 Å². The monoisotopic (exact) mass is 394 g/mol. The van der Waals surface area contributed by atoms with E-state index < -0.39 is 0 Å². The highest BCUT2D eigenvalue weighted by atomic mass is 16.2. The number of carbonyl (C=O) groups excluding carboxylic acids is 1. The summed E-state index contributed by atoms with van der Waals surface area (Å²) in [5.41, 5.74) is 2.54. The molecule has 0 aliphatic carbocycles. The number of hydrogen-bond donors (Lipinski definition) is 0. The van der Waals surface area contributed by atoms with Gasteiger partial charge in [0, 0.05) is 83.4 Å². The van der Waals surface area contributed by atoms with Crippen molar-refractivity contribution >= 4 is 17.5 Å². The molecule has 2 aliphatic rings. The lowest BCUT2D eigenvalue weighted by Crippen LogP contribution is -2.50. The summed E-state index contributed by atoms with van der Waals surface area (Å²) in [5.74, 6) is 1.08. The van der Waals surface area contributed by atoms with Crippen LogP contribution in [-0.2, 0) is 4.79 Å². The molecule has 0 spiro atoms. The van der Waals surface area contributed by atoms with E-state index in [-0.39, 0.29) is 5.91 Å². The van der Waals surface area contributed by atoms with Gasteiger partial charge >= 0.3 is 0 Å². The molecule has 0 saturated carbocycles. The summed E-state index contributed by atoms with van der Waals surface area (Å²) >= 11 is 0. The molecule has 0 N–H and O–H groups in total. The summed E-state index contributed by atoms with van der Waals surface area (Å²) in [7, 11) is 0. The molecule has 0 unspecified atom stereocenters. The zero-order valence-corrected chi connectivity index (χ0v) is 17.2. The van der Waals surface area contributed by atoms with Crippen molar-refractivity contribution in [3.63, 3.8) is 0 Å². The number of aryl methyl sites for hydroxylation is 1. The maximum atomic E-state index is 12.7. The van der Waals surface area contributed by atoms with Crippen LogP contribution in [0.1, 0.15) is 12.0 Å². The minimum absolute atomic E-state index is 0.280. The average molecular weight is 395 g/mol. The topological polar surface area (TPSA) is 55.8 Å². The maximum absolute atomic E-state index is 12.7. The molecule has 4 rings (SSSR count). The highest BCUT2D eigenvalue weighted by Crippen LogP contribution is 2.18. The van der Waals surface area contributed by atoms with E-state index >= 15 is 0 Å². The second kappa shape index (κ2) is 9.22.